The van der Waals surface area contributed by atoms with Crippen LogP contribution in [-0.2, 0) is 22.9 Å². The summed E-state index contributed by atoms with van der Waals surface area (Å²) in [4.78, 5) is 12.7. The van der Waals surface area contributed by atoms with E-state index >= 15 is 0 Å². The first kappa shape index (κ1) is 20.9. The number of ether oxygens (including phenoxy) is 1. The average Bonchev–Trinajstić information content (AvgIpc) is 3.32. The monoisotopic (exact) mass is 428 g/mol. The summed E-state index contributed by atoms with van der Waals surface area (Å²) in [6.07, 6.45) is 6.38. The van der Waals surface area contributed by atoms with E-state index in [0.717, 1.165) is 25.7 Å². The number of hydrogen-bond donors (Lipinski definition) is 1. The van der Waals surface area contributed by atoms with E-state index in [1.54, 1.807) is 24.3 Å². The van der Waals surface area contributed by atoms with Gasteiger partial charge < -0.3 is 10.1 Å². The summed E-state index contributed by atoms with van der Waals surface area (Å²) >= 11 is 0. The van der Waals surface area contributed by atoms with Gasteiger partial charge >= 0.3 is 0 Å². The number of fused-ring (bicyclic) bond motifs is 1. The second-order valence-electron chi connectivity index (χ2n) is 7.88. The van der Waals surface area contributed by atoms with Gasteiger partial charge in [0.05, 0.1) is 11.4 Å². The van der Waals surface area contributed by atoms with Crippen molar-refractivity contribution in [2.45, 2.75) is 43.4 Å². The maximum atomic E-state index is 12.5. The lowest BCUT2D eigenvalue weighted by molar-refractivity contribution is 0.0947. The van der Waals surface area contributed by atoms with Gasteiger partial charge in [-0.05, 0) is 86.1 Å². The van der Waals surface area contributed by atoms with Crippen LogP contribution < -0.4 is 10.1 Å². The van der Waals surface area contributed by atoms with Gasteiger partial charge in [0.2, 0.25) is 10.0 Å². The Morgan fingerprint density at radius 2 is 1.63 bits per heavy atom. The zero-order valence-corrected chi connectivity index (χ0v) is 17.9. The van der Waals surface area contributed by atoms with Crippen molar-refractivity contribution in [2.75, 3.05) is 26.2 Å². The molecule has 2 aromatic rings. The van der Waals surface area contributed by atoms with Gasteiger partial charge in [-0.1, -0.05) is 6.07 Å². The molecule has 0 aromatic heterocycles. The molecule has 0 bridgehead atoms. The maximum Gasteiger partial charge on any atom is 0.251 e. The summed E-state index contributed by atoms with van der Waals surface area (Å²) in [5.41, 5.74) is 3.33. The average molecular weight is 429 g/mol. The van der Waals surface area contributed by atoms with Crippen LogP contribution in [0.4, 0.5) is 0 Å². The predicted octanol–water partition coefficient (Wildman–Crippen LogP) is 3.16. The molecule has 0 saturated carbocycles. The van der Waals surface area contributed by atoms with E-state index in [1.807, 2.05) is 12.1 Å². The Hall–Kier alpha value is -2.38. The highest BCUT2D eigenvalue weighted by atomic mass is 32.2. The Kier molecular flexibility index (Phi) is 6.39. The summed E-state index contributed by atoms with van der Waals surface area (Å²) in [5.74, 6) is 0.484. The zero-order valence-electron chi connectivity index (χ0n) is 17.1. The highest BCUT2D eigenvalue weighted by Gasteiger charge is 2.26. The predicted molar refractivity (Wildman–Crippen MR) is 115 cm³/mol. The summed E-state index contributed by atoms with van der Waals surface area (Å²) in [5, 5.41) is 2.88. The first-order valence-corrected chi connectivity index (χ1v) is 12.1. The van der Waals surface area contributed by atoms with Gasteiger partial charge in [0.25, 0.3) is 5.91 Å². The van der Waals surface area contributed by atoms with E-state index in [9.17, 15) is 13.2 Å². The van der Waals surface area contributed by atoms with E-state index in [4.69, 9.17) is 4.74 Å². The largest absolute Gasteiger partial charge is 0.492 e. The molecule has 1 saturated heterocycles. The van der Waals surface area contributed by atoms with Gasteiger partial charge in [-0.15, -0.1) is 0 Å². The molecule has 1 aliphatic heterocycles. The van der Waals surface area contributed by atoms with Crippen molar-refractivity contribution >= 4 is 15.9 Å². The SMILES string of the molecule is O=C(NCCOc1ccc(S(=O)(=O)N2CCCC2)cc1)c1ccc2c(c1)CCCC2. The lowest BCUT2D eigenvalue weighted by Gasteiger charge is -2.16. The van der Waals surface area contributed by atoms with Gasteiger partial charge in [0.15, 0.2) is 0 Å². The van der Waals surface area contributed by atoms with Gasteiger partial charge in [-0.3, -0.25) is 4.79 Å². The topological polar surface area (TPSA) is 75.7 Å². The van der Waals surface area contributed by atoms with Gasteiger partial charge in [0, 0.05) is 18.7 Å². The molecule has 2 aromatic carbocycles. The minimum Gasteiger partial charge on any atom is -0.492 e. The molecule has 1 fully saturated rings. The number of nitrogens with zero attached hydrogens (tertiary/aromatic N) is 1. The highest BCUT2D eigenvalue weighted by Crippen LogP contribution is 2.23. The van der Waals surface area contributed by atoms with Crippen molar-refractivity contribution in [1.29, 1.82) is 0 Å². The number of rotatable bonds is 7. The van der Waals surface area contributed by atoms with Crippen LogP contribution in [-0.4, -0.2) is 44.9 Å². The highest BCUT2D eigenvalue weighted by molar-refractivity contribution is 7.89. The Morgan fingerprint density at radius 3 is 2.37 bits per heavy atom. The minimum atomic E-state index is -3.41. The van der Waals surface area contributed by atoms with Crippen LogP contribution in [0.15, 0.2) is 47.4 Å². The van der Waals surface area contributed by atoms with E-state index in [-0.39, 0.29) is 10.8 Å². The van der Waals surface area contributed by atoms with E-state index in [0.29, 0.717) is 37.6 Å². The molecule has 0 spiro atoms. The summed E-state index contributed by atoms with van der Waals surface area (Å²) in [6.45, 7) is 1.87. The first-order chi connectivity index (χ1) is 14.5. The van der Waals surface area contributed by atoms with Crippen molar-refractivity contribution in [1.82, 2.24) is 9.62 Å². The molecule has 2 aliphatic rings. The third-order valence-electron chi connectivity index (χ3n) is 5.79. The van der Waals surface area contributed by atoms with Crippen molar-refractivity contribution in [3.63, 3.8) is 0 Å². The standard InChI is InChI=1S/C23H28N2O4S/c26-23(20-8-7-18-5-1-2-6-19(18)17-20)24-13-16-29-21-9-11-22(12-10-21)30(27,28)25-14-3-4-15-25/h7-12,17H,1-6,13-16H2,(H,24,26). The number of hydrogen-bond acceptors (Lipinski definition) is 4. The summed E-state index contributed by atoms with van der Waals surface area (Å²) < 4.78 is 32.3. The van der Waals surface area contributed by atoms with Crippen molar-refractivity contribution in [3.8, 4) is 5.75 Å². The second kappa shape index (κ2) is 9.18. The fraction of sp³-hybridized carbons (Fsp3) is 0.435. The van der Waals surface area contributed by atoms with Crippen LogP contribution in [0, 0.1) is 0 Å². The van der Waals surface area contributed by atoms with Gasteiger partial charge in [-0.2, -0.15) is 4.31 Å². The molecule has 0 unspecified atom stereocenters. The first-order valence-electron chi connectivity index (χ1n) is 10.7. The number of nitrogens with one attached hydrogen (secondary N) is 1. The molecule has 1 heterocycles. The van der Waals surface area contributed by atoms with E-state index in [2.05, 4.69) is 11.4 Å². The number of carbonyl (C=O) groups excluding carboxylic acids is 1. The Bertz CT molecular complexity index is 996. The Morgan fingerprint density at radius 1 is 0.933 bits per heavy atom. The van der Waals surface area contributed by atoms with Crippen LogP contribution in [0.1, 0.15) is 47.2 Å². The van der Waals surface area contributed by atoms with Crippen molar-refractivity contribution in [3.05, 3.63) is 59.2 Å². The third-order valence-corrected chi connectivity index (χ3v) is 7.71. The van der Waals surface area contributed by atoms with Crippen LogP contribution >= 0.6 is 0 Å². The van der Waals surface area contributed by atoms with E-state index < -0.39 is 10.0 Å². The fourth-order valence-corrected chi connectivity index (χ4v) is 5.61. The van der Waals surface area contributed by atoms with Crippen molar-refractivity contribution < 1.29 is 17.9 Å². The third kappa shape index (κ3) is 4.68. The number of amides is 1. The molecule has 30 heavy (non-hydrogen) atoms. The van der Waals surface area contributed by atoms with Crippen LogP contribution in [0.25, 0.3) is 0 Å². The van der Waals surface area contributed by atoms with Crippen LogP contribution in [0.2, 0.25) is 0 Å². The smallest absolute Gasteiger partial charge is 0.251 e. The minimum absolute atomic E-state index is 0.0981. The summed E-state index contributed by atoms with van der Waals surface area (Å²) in [7, 11) is -3.41. The van der Waals surface area contributed by atoms with Crippen LogP contribution in [0.3, 0.4) is 0 Å². The quantitative estimate of drug-likeness (QED) is 0.688. The van der Waals surface area contributed by atoms with E-state index in [1.165, 1.54) is 28.3 Å². The molecule has 0 radical (unpaired) electrons. The Labute approximate surface area is 178 Å². The molecule has 4 rings (SSSR count). The lowest BCUT2D eigenvalue weighted by atomic mass is 9.90. The molecular formula is C23H28N2O4S. The number of sulfonamides is 1. The second-order valence-corrected chi connectivity index (χ2v) is 9.82. The molecule has 0 atom stereocenters. The molecule has 160 valence electrons. The van der Waals surface area contributed by atoms with Gasteiger partial charge in [-0.25, -0.2) is 8.42 Å². The maximum absolute atomic E-state index is 12.5. The molecular weight excluding hydrogens is 400 g/mol. The van der Waals surface area contributed by atoms with Crippen molar-refractivity contribution in [2.24, 2.45) is 0 Å². The van der Waals surface area contributed by atoms with Crippen LogP contribution in [0.5, 0.6) is 5.75 Å². The molecule has 7 heteroatoms. The Balaban J connectivity index is 1.26. The number of carbonyl (C=O) groups is 1. The zero-order chi connectivity index (χ0) is 21.0. The van der Waals surface area contributed by atoms with Gasteiger partial charge in [0.1, 0.15) is 12.4 Å². The molecule has 6 nitrogen and oxygen atoms in total. The number of aryl methyl sites for hydroxylation is 2. The molecule has 1 N–H and O–H groups in total. The number of benzene rings is 2. The summed E-state index contributed by atoms with van der Waals surface area (Å²) in [6, 6.07) is 12.4. The molecule has 1 aliphatic carbocycles. The fourth-order valence-electron chi connectivity index (χ4n) is 4.10. The molecule has 1 amide bonds. The lowest BCUT2D eigenvalue weighted by Crippen LogP contribution is -2.28. The normalized spacial score (nSPS) is 16.8.